The molecule has 7 atom stereocenters. The number of hydrogen-bond acceptors (Lipinski definition) is 3. The molecule has 3 saturated carbocycles. The Hall–Kier alpha value is -0.740. The van der Waals surface area contributed by atoms with Crippen molar-refractivity contribution in [3.8, 4) is 0 Å². The van der Waals surface area contributed by atoms with Gasteiger partial charge >= 0.3 is 7.82 Å². The van der Waals surface area contributed by atoms with Crippen molar-refractivity contribution in [3.05, 3.63) is 23.8 Å². The van der Waals surface area contributed by atoms with Crippen LogP contribution >= 0.6 is 7.82 Å². The summed E-state index contributed by atoms with van der Waals surface area (Å²) < 4.78 is 16.2. The van der Waals surface area contributed by atoms with Gasteiger partial charge in [0.05, 0.1) is 5.60 Å². The molecule has 0 heterocycles. The summed E-state index contributed by atoms with van der Waals surface area (Å²) in [6.45, 7) is 10.9. The molecule has 6 heteroatoms. The second-order valence-corrected chi connectivity index (χ2v) is 13.7. The van der Waals surface area contributed by atoms with E-state index in [2.05, 4.69) is 26.8 Å². The van der Waals surface area contributed by atoms with Crippen LogP contribution in [-0.4, -0.2) is 21.2 Å². The zero-order valence-corrected chi connectivity index (χ0v) is 21.9. The highest BCUT2D eigenvalue weighted by atomic mass is 31.2. The topological polar surface area (TPSA) is 83.8 Å². The first-order chi connectivity index (χ1) is 15.3. The number of carbonyl (C=O) groups is 1. The fourth-order valence-corrected chi connectivity index (χ4v) is 9.33. The zero-order chi connectivity index (χ0) is 24.2. The quantitative estimate of drug-likeness (QED) is 0.403. The van der Waals surface area contributed by atoms with E-state index in [1.807, 2.05) is 6.08 Å². The average Bonchev–Trinajstić information content (AvgIpc) is 3.03. The molecule has 0 unspecified atom stereocenters. The predicted octanol–water partition coefficient (Wildman–Crippen LogP) is 6.60. The first-order valence-corrected chi connectivity index (χ1v) is 14.5. The second-order valence-electron chi connectivity index (χ2n) is 12.5. The number of allylic oxidation sites excluding steroid dienone is 4. The van der Waals surface area contributed by atoms with E-state index < -0.39 is 13.4 Å². The van der Waals surface area contributed by atoms with Crippen LogP contribution in [0.5, 0.6) is 0 Å². The summed E-state index contributed by atoms with van der Waals surface area (Å²) in [5.41, 5.74) is 0.996. The zero-order valence-electron chi connectivity index (χ0n) is 21.0. The number of hydrogen-bond donors (Lipinski definition) is 2. The molecule has 0 radical (unpaired) electrons. The highest BCUT2D eigenvalue weighted by Crippen LogP contribution is 2.67. The van der Waals surface area contributed by atoms with Gasteiger partial charge in [-0.2, -0.15) is 0 Å². The van der Waals surface area contributed by atoms with Crippen LogP contribution in [0.1, 0.15) is 92.4 Å². The fourth-order valence-electron chi connectivity index (χ4n) is 8.59. The van der Waals surface area contributed by atoms with Gasteiger partial charge in [-0.1, -0.05) is 45.3 Å². The van der Waals surface area contributed by atoms with Crippen LogP contribution in [0.25, 0.3) is 0 Å². The van der Waals surface area contributed by atoms with Crippen LogP contribution in [0.3, 0.4) is 0 Å². The number of carbonyl (C=O) groups excluding carboxylic acids is 1. The van der Waals surface area contributed by atoms with Crippen molar-refractivity contribution < 1.29 is 23.7 Å². The van der Waals surface area contributed by atoms with Crippen LogP contribution in [0.2, 0.25) is 0 Å². The number of ketones is 1. The SMILES string of the molecule is C[C@H](CCCC(C)(C)OP(=O)(O)O)[C@@H]1CC[C@@H]2[C@@H]3CCC4=CC(=O)C=C[C@]4(C)[C@@H]3CC[C@@]21C. The highest BCUT2D eigenvalue weighted by Gasteiger charge is 2.58. The maximum atomic E-state index is 12.0. The van der Waals surface area contributed by atoms with Crippen LogP contribution < -0.4 is 0 Å². The Morgan fingerprint density at radius 3 is 2.61 bits per heavy atom. The third-order valence-corrected chi connectivity index (χ3v) is 10.9. The van der Waals surface area contributed by atoms with Gasteiger partial charge in [-0.25, -0.2) is 4.57 Å². The molecule has 0 saturated heterocycles. The highest BCUT2D eigenvalue weighted by molar-refractivity contribution is 7.46. The van der Waals surface area contributed by atoms with Crippen LogP contribution in [-0.2, 0) is 13.9 Å². The van der Waals surface area contributed by atoms with Gasteiger partial charge in [-0.15, -0.1) is 0 Å². The minimum Gasteiger partial charge on any atom is -0.303 e. The number of phosphoric acid groups is 1. The standard InChI is InChI=1S/C27H43O5P/c1-18(7-6-14-25(2,3)32-33(29,30)31)22-10-11-23-21-9-8-19-17-20(28)12-15-26(19,4)24(21)13-16-27(22,23)5/h12,15,17-18,21-24H,6-11,13-14,16H2,1-5H3,(H2,29,30,31)/t18-,21+,22+,23-,24-,26+,27-/m1/s1. The van der Waals surface area contributed by atoms with Crippen molar-refractivity contribution in [1.29, 1.82) is 0 Å². The summed E-state index contributed by atoms with van der Waals surface area (Å²) in [4.78, 5) is 30.3. The van der Waals surface area contributed by atoms with Crippen molar-refractivity contribution in [2.75, 3.05) is 0 Å². The lowest BCUT2D eigenvalue weighted by Gasteiger charge is -2.57. The van der Waals surface area contributed by atoms with Crippen LogP contribution in [0, 0.1) is 40.4 Å². The summed E-state index contributed by atoms with van der Waals surface area (Å²) >= 11 is 0. The lowest BCUT2D eigenvalue weighted by atomic mass is 9.47. The Kier molecular flexibility index (Phi) is 6.71. The molecular weight excluding hydrogens is 435 g/mol. The molecule has 0 aromatic carbocycles. The molecule has 4 aliphatic carbocycles. The van der Waals surface area contributed by atoms with E-state index in [1.165, 1.54) is 37.7 Å². The van der Waals surface area contributed by atoms with Gasteiger partial charge in [0.15, 0.2) is 5.78 Å². The molecule has 0 spiro atoms. The molecule has 2 N–H and O–H groups in total. The van der Waals surface area contributed by atoms with Gasteiger partial charge in [0, 0.05) is 5.41 Å². The van der Waals surface area contributed by atoms with E-state index in [4.69, 9.17) is 14.3 Å². The normalized spacial score (nSPS) is 39.5. The van der Waals surface area contributed by atoms with Crippen molar-refractivity contribution in [1.82, 2.24) is 0 Å². The van der Waals surface area contributed by atoms with Crippen molar-refractivity contribution in [2.24, 2.45) is 40.4 Å². The van der Waals surface area contributed by atoms with Gasteiger partial charge in [0.2, 0.25) is 0 Å². The third-order valence-electron chi connectivity index (χ3n) is 10.1. The predicted molar refractivity (Wildman–Crippen MR) is 130 cm³/mol. The van der Waals surface area contributed by atoms with Gasteiger partial charge in [0.1, 0.15) is 0 Å². The molecular formula is C27H43O5P. The van der Waals surface area contributed by atoms with Gasteiger partial charge in [-0.05, 0) is 106 Å². The lowest BCUT2D eigenvalue weighted by Crippen LogP contribution is -2.50. The van der Waals surface area contributed by atoms with E-state index in [9.17, 15) is 9.36 Å². The number of fused-ring (bicyclic) bond motifs is 5. The Bertz CT molecular complexity index is 885. The maximum absolute atomic E-state index is 12.0. The second kappa shape index (κ2) is 8.73. The molecule has 0 aromatic rings. The average molecular weight is 479 g/mol. The summed E-state index contributed by atoms with van der Waals surface area (Å²) in [5, 5.41) is 0. The van der Waals surface area contributed by atoms with E-state index in [-0.39, 0.29) is 11.2 Å². The fraction of sp³-hybridized carbons (Fsp3) is 0.815. The van der Waals surface area contributed by atoms with E-state index in [0.717, 1.165) is 31.1 Å². The number of rotatable bonds is 7. The molecule has 3 fully saturated rings. The lowest BCUT2D eigenvalue weighted by molar-refractivity contribution is -0.111. The van der Waals surface area contributed by atoms with Gasteiger partial charge in [-0.3, -0.25) is 9.32 Å². The van der Waals surface area contributed by atoms with Gasteiger partial charge in [0.25, 0.3) is 0 Å². The Balaban J connectivity index is 1.41. The molecule has 4 rings (SSSR count). The number of phosphoric ester groups is 1. The molecule has 186 valence electrons. The minimum atomic E-state index is -4.46. The maximum Gasteiger partial charge on any atom is 0.470 e. The molecule has 5 nitrogen and oxygen atoms in total. The molecule has 0 aromatic heterocycles. The smallest absolute Gasteiger partial charge is 0.303 e. The Labute approximate surface area is 199 Å². The van der Waals surface area contributed by atoms with E-state index in [0.29, 0.717) is 29.6 Å². The Morgan fingerprint density at radius 1 is 1.18 bits per heavy atom. The van der Waals surface area contributed by atoms with E-state index >= 15 is 0 Å². The molecule has 0 bridgehead atoms. The molecule has 0 amide bonds. The van der Waals surface area contributed by atoms with Crippen molar-refractivity contribution >= 4 is 13.6 Å². The van der Waals surface area contributed by atoms with Crippen molar-refractivity contribution in [2.45, 2.75) is 98.0 Å². The van der Waals surface area contributed by atoms with Crippen LogP contribution in [0.4, 0.5) is 0 Å². The summed E-state index contributed by atoms with van der Waals surface area (Å²) in [7, 11) is -4.46. The first-order valence-electron chi connectivity index (χ1n) is 13.0. The van der Waals surface area contributed by atoms with Crippen LogP contribution in [0.15, 0.2) is 23.8 Å². The van der Waals surface area contributed by atoms with Crippen molar-refractivity contribution in [3.63, 3.8) is 0 Å². The molecule has 33 heavy (non-hydrogen) atoms. The first kappa shape index (κ1) is 25.4. The summed E-state index contributed by atoms with van der Waals surface area (Å²) in [6, 6.07) is 0. The molecule has 4 aliphatic rings. The largest absolute Gasteiger partial charge is 0.470 e. The molecule has 0 aliphatic heterocycles. The van der Waals surface area contributed by atoms with E-state index in [1.54, 1.807) is 19.9 Å². The summed E-state index contributed by atoms with van der Waals surface area (Å²) in [6.07, 6.45) is 16.0. The Morgan fingerprint density at radius 2 is 1.91 bits per heavy atom. The monoisotopic (exact) mass is 478 g/mol. The third kappa shape index (κ3) is 4.85. The van der Waals surface area contributed by atoms with Gasteiger partial charge < -0.3 is 9.79 Å². The summed E-state index contributed by atoms with van der Waals surface area (Å²) in [5.74, 6) is 3.64. The minimum absolute atomic E-state index is 0.0618.